The first-order valence-electron chi connectivity index (χ1n) is 5.87. The summed E-state index contributed by atoms with van der Waals surface area (Å²) in [5.41, 5.74) is 3.19. The fraction of sp³-hybridized carbons (Fsp3) is 0.231. The second kappa shape index (κ2) is 4.25. The molecule has 0 atom stereocenters. The summed E-state index contributed by atoms with van der Waals surface area (Å²) < 4.78 is 13.7. The summed E-state index contributed by atoms with van der Waals surface area (Å²) in [5, 5.41) is 10.1. The van der Waals surface area contributed by atoms with Crippen molar-refractivity contribution in [2.45, 2.75) is 19.8 Å². The fourth-order valence-electron chi connectivity index (χ4n) is 2.00. The lowest BCUT2D eigenvalue weighted by molar-refractivity contribution is 0.631. The van der Waals surface area contributed by atoms with Crippen LogP contribution in [-0.2, 0) is 6.42 Å². The van der Waals surface area contributed by atoms with Crippen molar-refractivity contribution < 1.29 is 4.39 Å². The lowest BCUT2D eigenvalue weighted by Gasteiger charge is -2.08. The van der Waals surface area contributed by atoms with E-state index < -0.39 is 0 Å². The second-order valence-electron chi connectivity index (χ2n) is 4.36. The molecule has 0 spiro atoms. The van der Waals surface area contributed by atoms with E-state index in [1.807, 2.05) is 13.1 Å². The number of nitrogens with one attached hydrogen (secondary N) is 2. The Kier molecular flexibility index (Phi) is 2.59. The fourth-order valence-corrected chi connectivity index (χ4v) is 2.00. The van der Waals surface area contributed by atoms with Crippen LogP contribution >= 0.6 is 0 Å². The normalized spacial score (nSPS) is 13.4. The quantitative estimate of drug-likeness (QED) is 0.852. The molecule has 92 valence electrons. The van der Waals surface area contributed by atoms with Gasteiger partial charge in [-0.15, -0.1) is 0 Å². The van der Waals surface area contributed by atoms with E-state index in [1.54, 1.807) is 12.1 Å². The first kappa shape index (κ1) is 11.0. The molecule has 18 heavy (non-hydrogen) atoms. The van der Waals surface area contributed by atoms with E-state index in [1.165, 1.54) is 6.07 Å². The third kappa shape index (κ3) is 1.88. The van der Waals surface area contributed by atoms with Gasteiger partial charge >= 0.3 is 0 Å². The predicted octanol–water partition coefficient (Wildman–Crippen LogP) is 3.25. The molecule has 0 aliphatic carbocycles. The molecule has 0 unspecified atom stereocenters. The summed E-state index contributed by atoms with van der Waals surface area (Å²) in [5.74, 6) is 0.280. The molecule has 2 heterocycles. The third-order valence-corrected chi connectivity index (χ3v) is 2.93. The van der Waals surface area contributed by atoms with Crippen LogP contribution in [0.2, 0.25) is 0 Å². The summed E-state index contributed by atoms with van der Waals surface area (Å²) in [4.78, 5) is 4.30. The topological polar surface area (TPSA) is 53.1 Å². The third-order valence-electron chi connectivity index (χ3n) is 2.93. The number of aromatic amines is 1. The van der Waals surface area contributed by atoms with E-state index in [0.29, 0.717) is 11.5 Å². The monoisotopic (exact) mass is 244 g/mol. The Bertz CT molecular complexity index is 615. The van der Waals surface area contributed by atoms with Crippen molar-refractivity contribution in [2.24, 2.45) is 4.99 Å². The lowest BCUT2D eigenvalue weighted by atomic mass is 10.2. The molecule has 5 heteroatoms. The number of nitrogens with zero attached hydrogens (tertiary/aromatic N) is 2. The average molecular weight is 244 g/mol. The molecular weight excluding hydrogens is 231 g/mol. The molecule has 0 saturated carbocycles. The Balaban J connectivity index is 1.96. The van der Waals surface area contributed by atoms with E-state index in [4.69, 9.17) is 0 Å². The molecule has 0 bridgehead atoms. The minimum Gasteiger partial charge on any atom is -0.335 e. The number of aliphatic imine (C=N–C) groups is 1. The number of aromatic nitrogens is 2. The molecule has 1 aromatic heterocycles. The molecule has 2 aromatic rings. The summed E-state index contributed by atoms with van der Waals surface area (Å²) >= 11 is 0. The molecule has 0 fully saturated rings. The summed E-state index contributed by atoms with van der Waals surface area (Å²) in [6, 6.07) is 4.93. The smallest absolute Gasteiger partial charge is 0.178 e. The van der Waals surface area contributed by atoms with E-state index in [-0.39, 0.29) is 5.82 Å². The van der Waals surface area contributed by atoms with Gasteiger partial charge < -0.3 is 5.32 Å². The molecule has 1 aliphatic heterocycles. The largest absolute Gasteiger partial charge is 0.335 e. The second-order valence-corrected chi connectivity index (χ2v) is 4.36. The van der Waals surface area contributed by atoms with Gasteiger partial charge in [0, 0.05) is 6.21 Å². The van der Waals surface area contributed by atoms with E-state index in [0.717, 1.165) is 29.8 Å². The first-order valence-corrected chi connectivity index (χ1v) is 5.87. The number of benzene rings is 1. The van der Waals surface area contributed by atoms with Gasteiger partial charge in [-0.25, -0.2) is 4.39 Å². The van der Waals surface area contributed by atoms with Crippen LogP contribution in [-0.4, -0.2) is 16.4 Å². The van der Waals surface area contributed by atoms with Crippen molar-refractivity contribution in [3.05, 3.63) is 35.3 Å². The lowest BCUT2D eigenvalue weighted by Crippen LogP contribution is -1.96. The van der Waals surface area contributed by atoms with Crippen LogP contribution in [0.5, 0.6) is 0 Å². The molecule has 0 amide bonds. The van der Waals surface area contributed by atoms with Gasteiger partial charge in [-0.1, -0.05) is 6.07 Å². The standard InChI is InChI=1S/C13H13FN4/c1-8-4-5-9(14)11(7-8)16-13-12-10(17-18-13)3-2-6-15-12/h4-7H,2-3H2,1H3,(H2,16,17,18). The molecular formula is C13H13FN4. The minimum absolute atomic E-state index is 0.294. The number of fused-ring (bicyclic) bond motifs is 1. The minimum atomic E-state index is -0.294. The molecule has 0 saturated heterocycles. The van der Waals surface area contributed by atoms with E-state index >= 15 is 0 Å². The van der Waals surface area contributed by atoms with E-state index in [2.05, 4.69) is 20.5 Å². The number of hydrogen-bond donors (Lipinski definition) is 2. The Morgan fingerprint density at radius 3 is 3.17 bits per heavy atom. The first-order chi connectivity index (χ1) is 8.74. The number of rotatable bonds is 2. The van der Waals surface area contributed by atoms with Gasteiger partial charge in [0.15, 0.2) is 5.82 Å². The van der Waals surface area contributed by atoms with Crippen molar-refractivity contribution in [1.82, 2.24) is 10.2 Å². The van der Waals surface area contributed by atoms with Gasteiger partial charge in [0.25, 0.3) is 0 Å². The van der Waals surface area contributed by atoms with Gasteiger partial charge in [0.05, 0.1) is 11.4 Å². The Morgan fingerprint density at radius 2 is 2.28 bits per heavy atom. The van der Waals surface area contributed by atoms with Crippen LogP contribution in [0.25, 0.3) is 0 Å². The van der Waals surface area contributed by atoms with Crippen LogP contribution in [0.3, 0.4) is 0 Å². The maximum absolute atomic E-state index is 13.7. The van der Waals surface area contributed by atoms with Crippen LogP contribution < -0.4 is 5.32 Å². The maximum Gasteiger partial charge on any atom is 0.178 e. The highest BCUT2D eigenvalue weighted by Gasteiger charge is 2.15. The van der Waals surface area contributed by atoms with Crippen molar-refractivity contribution >= 4 is 23.4 Å². The van der Waals surface area contributed by atoms with Crippen LogP contribution in [0.15, 0.2) is 23.2 Å². The zero-order valence-electron chi connectivity index (χ0n) is 10.00. The zero-order valence-corrected chi connectivity index (χ0v) is 10.00. The van der Waals surface area contributed by atoms with Gasteiger partial charge in [0.1, 0.15) is 11.5 Å². The molecule has 2 N–H and O–H groups in total. The number of aryl methyl sites for hydroxylation is 2. The molecule has 4 nitrogen and oxygen atoms in total. The van der Waals surface area contributed by atoms with E-state index in [9.17, 15) is 4.39 Å². The number of hydrogen-bond acceptors (Lipinski definition) is 3. The van der Waals surface area contributed by atoms with Gasteiger partial charge in [-0.3, -0.25) is 10.1 Å². The highest BCUT2D eigenvalue weighted by atomic mass is 19.1. The zero-order chi connectivity index (χ0) is 12.5. The Morgan fingerprint density at radius 1 is 1.39 bits per heavy atom. The molecule has 1 aromatic carbocycles. The summed E-state index contributed by atoms with van der Waals surface area (Å²) in [6.07, 6.45) is 3.66. The van der Waals surface area contributed by atoms with Crippen molar-refractivity contribution in [2.75, 3.05) is 5.32 Å². The average Bonchev–Trinajstić information content (AvgIpc) is 2.78. The van der Waals surface area contributed by atoms with Crippen molar-refractivity contribution in [1.29, 1.82) is 0 Å². The molecule has 3 rings (SSSR count). The maximum atomic E-state index is 13.7. The number of H-pyrrole nitrogens is 1. The van der Waals surface area contributed by atoms with Crippen molar-refractivity contribution in [3.63, 3.8) is 0 Å². The van der Waals surface area contributed by atoms with Crippen LogP contribution in [0.4, 0.5) is 21.6 Å². The Labute approximate surface area is 104 Å². The van der Waals surface area contributed by atoms with Crippen molar-refractivity contribution in [3.8, 4) is 0 Å². The SMILES string of the molecule is Cc1ccc(F)c(Nc2n[nH]c3c2N=CCC3)c1. The predicted molar refractivity (Wildman–Crippen MR) is 69.5 cm³/mol. The van der Waals surface area contributed by atoms with Crippen LogP contribution in [0.1, 0.15) is 17.7 Å². The Hall–Kier alpha value is -2.17. The summed E-state index contributed by atoms with van der Waals surface area (Å²) in [6.45, 7) is 1.92. The van der Waals surface area contributed by atoms with Gasteiger partial charge in [-0.05, 0) is 37.5 Å². The number of anilines is 2. The van der Waals surface area contributed by atoms with Gasteiger partial charge in [0.2, 0.25) is 0 Å². The molecule has 1 aliphatic rings. The highest BCUT2D eigenvalue weighted by molar-refractivity contribution is 5.77. The number of halogens is 1. The summed E-state index contributed by atoms with van der Waals surface area (Å²) in [7, 11) is 0. The van der Waals surface area contributed by atoms with Crippen LogP contribution in [0, 0.1) is 12.7 Å². The van der Waals surface area contributed by atoms with Gasteiger partial charge in [-0.2, -0.15) is 5.10 Å². The highest BCUT2D eigenvalue weighted by Crippen LogP contribution is 2.32. The molecule has 0 radical (unpaired) electrons.